The van der Waals surface area contributed by atoms with Gasteiger partial charge in [-0.05, 0) is 30.3 Å². The van der Waals surface area contributed by atoms with Gasteiger partial charge in [0, 0.05) is 37.9 Å². The standard InChI is InChI=1S/C22H20F3N5O/c23-22(24,25)19-7-1-4-17(14-19)5-2-8-27-20(31)16-29-10-12-30(13-11-29)21-18(15-26)6-3-9-28-21/h1,3-4,6-7,9,14H,8,10-13,16H2,(H,27,31). The van der Waals surface area contributed by atoms with Crippen LogP contribution in [0, 0.1) is 23.2 Å². The van der Waals surface area contributed by atoms with E-state index in [2.05, 4.69) is 28.2 Å². The van der Waals surface area contributed by atoms with Crippen molar-refractivity contribution in [3.05, 3.63) is 59.3 Å². The van der Waals surface area contributed by atoms with Gasteiger partial charge in [-0.2, -0.15) is 18.4 Å². The summed E-state index contributed by atoms with van der Waals surface area (Å²) in [5.74, 6) is 5.75. The van der Waals surface area contributed by atoms with E-state index in [1.807, 2.05) is 9.80 Å². The first-order valence-electron chi connectivity index (χ1n) is 9.62. The molecule has 0 aliphatic carbocycles. The average molecular weight is 427 g/mol. The van der Waals surface area contributed by atoms with Gasteiger partial charge in [-0.25, -0.2) is 4.98 Å². The molecule has 0 bridgehead atoms. The molecule has 3 rings (SSSR count). The minimum atomic E-state index is -4.41. The lowest BCUT2D eigenvalue weighted by molar-refractivity contribution is -0.137. The number of alkyl halides is 3. The van der Waals surface area contributed by atoms with Crippen LogP contribution in [0.3, 0.4) is 0 Å². The third-order valence-corrected chi connectivity index (χ3v) is 4.74. The van der Waals surface area contributed by atoms with Crippen LogP contribution in [-0.4, -0.2) is 55.1 Å². The fraction of sp³-hybridized carbons (Fsp3) is 0.318. The van der Waals surface area contributed by atoms with Crippen LogP contribution in [0.5, 0.6) is 0 Å². The number of nitrogens with zero attached hydrogens (tertiary/aromatic N) is 4. The molecule has 1 aromatic heterocycles. The van der Waals surface area contributed by atoms with Gasteiger partial charge in [0.2, 0.25) is 5.91 Å². The smallest absolute Gasteiger partial charge is 0.353 e. The summed E-state index contributed by atoms with van der Waals surface area (Å²) in [7, 11) is 0. The highest BCUT2D eigenvalue weighted by Gasteiger charge is 2.30. The number of aromatic nitrogens is 1. The second kappa shape index (κ2) is 9.96. The predicted molar refractivity (Wildman–Crippen MR) is 109 cm³/mol. The zero-order valence-electron chi connectivity index (χ0n) is 16.6. The lowest BCUT2D eigenvalue weighted by Crippen LogP contribution is -2.50. The molecule has 1 aromatic carbocycles. The molecule has 160 valence electrons. The maximum Gasteiger partial charge on any atom is 0.416 e. The van der Waals surface area contributed by atoms with Gasteiger partial charge in [0.15, 0.2) is 0 Å². The molecule has 9 heteroatoms. The number of amides is 1. The Balaban J connectivity index is 1.44. The molecule has 0 unspecified atom stereocenters. The molecule has 1 fully saturated rings. The Morgan fingerprint density at radius 1 is 1.16 bits per heavy atom. The molecule has 2 aromatic rings. The Morgan fingerprint density at radius 2 is 1.94 bits per heavy atom. The summed E-state index contributed by atoms with van der Waals surface area (Å²) in [4.78, 5) is 20.4. The SMILES string of the molecule is N#Cc1cccnc1N1CCN(CC(=O)NCC#Cc2cccc(C(F)(F)F)c2)CC1. The predicted octanol–water partition coefficient (Wildman–Crippen LogP) is 2.26. The number of rotatable bonds is 4. The van der Waals surface area contributed by atoms with Gasteiger partial charge in [-0.3, -0.25) is 9.69 Å². The van der Waals surface area contributed by atoms with Crippen molar-refractivity contribution in [1.29, 1.82) is 5.26 Å². The Bertz CT molecular complexity index is 1030. The van der Waals surface area contributed by atoms with E-state index in [-0.39, 0.29) is 24.6 Å². The summed E-state index contributed by atoms with van der Waals surface area (Å²) in [5.41, 5.74) is 0.00886. The van der Waals surface area contributed by atoms with Gasteiger partial charge in [0.05, 0.1) is 24.2 Å². The Hall–Kier alpha value is -3.56. The molecule has 6 nitrogen and oxygen atoms in total. The van der Waals surface area contributed by atoms with Crippen LogP contribution in [-0.2, 0) is 11.0 Å². The number of anilines is 1. The number of pyridine rings is 1. The van der Waals surface area contributed by atoms with E-state index >= 15 is 0 Å². The maximum atomic E-state index is 12.7. The summed E-state index contributed by atoms with van der Waals surface area (Å²) in [6.45, 7) is 2.83. The van der Waals surface area contributed by atoms with Gasteiger partial charge in [-0.15, -0.1) is 0 Å². The number of carbonyl (C=O) groups is 1. The van der Waals surface area contributed by atoms with E-state index < -0.39 is 11.7 Å². The summed E-state index contributed by atoms with van der Waals surface area (Å²) >= 11 is 0. The molecule has 1 saturated heterocycles. The Labute approximate surface area is 178 Å². The molecule has 0 atom stereocenters. The number of hydrogen-bond acceptors (Lipinski definition) is 5. The number of hydrogen-bond donors (Lipinski definition) is 1. The van der Waals surface area contributed by atoms with Crippen LogP contribution in [0.2, 0.25) is 0 Å². The van der Waals surface area contributed by atoms with Crippen LogP contribution in [0.25, 0.3) is 0 Å². The summed E-state index contributed by atoms with van der Waals surface area (Å²) in [6.07, 6.45) is -2.76. The van der Waals surface area contributed by atoms with E-state index in [0.29, 0.717) is 37.6 Å². The quantitative estimate of drug-likeness (QED) is 0.758. The van der Waals surface area contributed by atoms with Crippen LogP contribution in [0.15, 0.2) is 42.6 Å². The van der Waals surface area contributed by atoms with Crippen molar-refractivity contribution < 1.29 is 18.0 Å². The van der Waals surface area contributed by atoms with Crippen molar-refractivity contribution in [3.8, 4) is 17.9 Å². The van der Waals surface area contributed by atoms with Crippen molar-refractivity contribution >= 4 is 11.7 Å². The molecular formula is C22H20F3N5O. The molecule has 1 aliphatic rings. The molecule has 0 saturated carbocycles. The fourth-order valence-corrected chi connectivity index (χ4v) is 3.18. The third kappa shape index (κ3) is 6.21. The van der Waals surface area contributed by atoms with E-state index in [1.165, 1.54) is 12.1 Å². The molecule has 0 radical (unpaired) electrons. The van der Waals surface area contributed by atoms with Gasteiger partial charge < -0.3 is 10.2 Å². The number of benzene rings is 1. The molecule has 1 N–H and O–H groups in total. The Kier molecular flexibility index (Phi) is 7.11. The van der Waals surface area contributed by atoms with Gasteiger partial charge in [0.1, 0.15) is 11.9 Å². The first-order chi connectivity index (χ1) is 14.9. The summed E-state index contributed by atoms with van der Waals surface area (Å²) in [5, 5.41) is 11.9. The minimum absolute atomic E-state index is 0.0501. The summed E-state index contributed by atoms with van der Waals surface area (Å²) in [6, 6.07) is 10.3. The van der Waals surface area contributed by atoms with Crippen molar-refractivity contribution in [2.75, 3.05) is 44.2 Å². The lowest BCUT2D eigenvalue weighted by Gasteiger charge is -2.35. The van der Waals surface area contributed by atoms with E-state index in [1.54, 1.807) is 18.3 Å². The van der Waals surface area contributed by atoms with Gasteiger partial charge in [0.25, 0.3) is 0 Å². The number of piperazine rings is 1. The van der Waals surface area contributed by atoms with Gasteiger partial charge >= 0.3 is 6.18 Å². The highest BCUT2D eigenvalue weighted by Crippen LogP contribution is 2.29. The second-order valence-corrected chi connectivity index (χ2v) is 6.91. The van der Waals surface area contributed by atoms with Crippen molar-refractivity contribution in [1.82, 2.24) is 15.2 Å². The first-order valence-corrected chi connectivity index (χ1v) is 9.62. The molecule has 2 heterocycles. The highest BCUT2D eigenvalue weighted by molar-refractivity contribution is 5.78. The van der Waals surface area contributed by atoms with Crippen molar-refractivity contribution in [2.24, 2.45) is 0 Å². The minimum Gasteiger partial charge on any atom is -0.353 e. The zero-order valence-corrected chi connectivity index (χ0v) is 16.6. The second-order valence-electron chi connectivity index (χ2n) is 6.91. The molecule has 31 heavy (non-hydrogen) atoms. The van der Waals surface area contributed by atoms with E-state index in [0.717, 1.165) is 12.1 Å². The van der Waals surface area contributed by atoms with Crippen LogP contribution in [0.1, 0.15) is 16.7 Å². The monoisotopic (exact) mass is 427 g/mol. The van der Waals surface area contributed by atoms with E-state index in [4.69, 9.17) is 0 Å². The van der Waals surface area contributed by atoms with E-state index in [9.17, 15) is 23.2 Å². The molecule has 1 aliphatic heterocycles. The topological polar surface area (TPSA) is 72.3 Å². The number of nitrogens with one attached hydrogen (secondary N) is 1. The number of carbonyl (C=O) groups excluding carboxylic acids is 1. The van der Waals surface area contributed by atoms with Crippen LogP contribution in [0.4, 0.5) is 19.0 Å². The summed E-state index contributed by atoms with van der Waals surface area (Å²) < 4.78 is 38.1. The lowest BCUT2D eigenvalue weighted by atomic mass is 10.1. The first kappa shape index (κ1) is 22.1. The fourth-order valence-electron chi connectivity index (χ4n) is 3.18. The Morgan fingerprint density at radius 3 is 2.65 bits per heavy atom. The van der Waals surface area contributed by atoms with Gasteiger partial charge in [-0.1, -0.05) is 17.9 Å². The largest absolute Gasteiger partial charge is 0.416 e. The van der Waals surface area contributed by atoms with Crippen molar-refractivity contribution in [3.63, 3.8) is 0 Å². The van der Waals surface area contributed by atoms with Crippen molar-refractivity contribution in [2.45, 2.75) is 6.18 Å². The maximum absolute atomic E-state index is 12.7. The zero-order chi connectivity index (χ0) is 22.3. The normalized spacial score (nSPS) is 14.3. The number of nitriles is 1. The third-order valence-electron chi connectivity index (χ3n) is 4.74. The molecular weight excluding hydrogens is 407 g/mol. The van der Waals surface area contributed by atoms with Crippen LogP contribution >= 0.6 is 0 Å². The molecule has 0 spiro atoms. The highest BCUT2D eigenvalue weighted by atomic mass is 19.4. The number of halogens is 3. The van der Waals surface area contributed by atoms with Crippen LogP contribution < -0.4 is 10.2 Å². The molecule has 1 amide bonds. The average Bonchev–Trinajstić information content (AvgIpc) is 2.77.